The molecule has 0 saturated heterocycles. The Labute approximate surface area is 139 Å². The number of benzene rings is 2. The maximum absolute atomic E-state index is 12.3. The first-order chi connectivity index (χ1) is 11.7. The zero-order valence-electron chi connectivity index (χ0n) is 13.5. The molecule has 1 heterocycles. The van der Waals surface area contributed by atoms with Crippen LogP contribution in [0, 0.1) is 0 Å². The van der Waals surface area contributed by atoms with Gasteiger partial charge in [0.25, 0.3) is 0 Å². The Kier molecular flexibility index (Phi) is 3.69. The molecule has 0 spiro atoms. The Morgan fingerprint density at radius 3 is 2.88 bits per heavy atom. The molecule has 0 aliphatic heterocycles. The number of hydrogen-bond acceptors (Lipinski definition) is 4. The lowest BCUT2D eigenvalue weighted by Gasteiger charge is -2.19. The Hall–Kier alpha value is -2.46. The molecular weight excluding hydrogens is 304 g/mol. The molecule has 1 unspecified atom stereocenters. The van der Waals surface area contributed by atoms with Gasteiger partial charge in [0.05, 0.1) is 19.3 Å². The molecule has 1 aliphatic rings. The van der Waals surface area contributed by atoms with Crippen LogP contribution in [0.25, 0.3) is 21.7 Å². The van der Waals surface area contributed by atoms with Gasteiger partial charge in [-0.15, -0.1) is 0 Å². The van der Waals surface area contributed by atoms with Gasteiger partial charge >= 0.3 is 0 Å². The summed E-state index contributed by atoms with van der Waals surface area (Å²) in [5.41, 5.74) is 2.79. The number of Topliss-reactive ketones (excluding diaryl/α,β-unsaturated/α-hetero) is 2. The monoisotopic (exact) mass is 322 g/mol. The molecule has 24 heavy (non-hydrogen) atoms. The van der Waals surface area contributed by atoms with Crippen molar-refractivity contribution in [2.24, 2.45) is 0 Å². The fraction of sp³-hybridized carbons (Fsp3) is 0.300. The fourth-order valence-electron chi connectivity index (χ4n) is 3.66. The van der Waals surface area contributed by atoms with Crippen LogP contribution in [-0.2, 0) is 20.9 Å². The highest BCUT2D eigenvalue weighted by Gasteiger charge is 2.31. The maximum Gasteiger partial charge on any atom is 0.147 e. The molecule has 0 radical (unpaired) electrons. The van der Waals surface area contributed by atoms with Crippen molar-refractivity contribution in [2.45, 2.75) is 31.8 Å². The number of rotatable bonds is 3. The number of methoxy groups -OCH3 is 1. The van der Waals surface area contributed by atoms with E-state index in [1.165, 1.54) is 0 Å². The predicted molar refractivity (Wildman–Crippen MR) is 91.0 cm³/mol. The summed E-state index contributed by atoms with van der Waals surface area (Å²) in [5.74, 6) is -0.201. The molecule has 4 heteroatoms. The van der Waals surface area contributed by atoms with E-state index in [0.29, 0.717) is 19.4 Å². The summed E-state index contributed by atoms with van der Waals surface area (Å²) in [4.78, 5) is 23.9. The number of furan rings is 1. The molecule has 4 nitrogen and oxygen atoms in total. The van der Waals surface area contributed by atoms with Crippen LogP contribution >= 0.6 is 0 Å². The molecule has 122 valence electrons. The van der Waals surface area contributed by atoms with E-state index in [1.807, 2.05) is 18.2 Å². The average Bonchev–Trinajstić information content (AvgIpc) is 2.99. The Bertz CT molecular complexity index is 951. The van der Waals surface area contributed by atoms with E-state index in [2.05, 4.69) is 12.1 Å². The van der Waals surface area contributed by atoms with Crippen molar-refractivity contribution >= 4 is 33.3 Å². The molecule has 3 aromatic rings. The van der Waals surface area contributed by atoms with Crippen LogP contribution in [0.3, 0.4) is 0 Å². The summed E-state index contributed by atoms with van der Waals surface area (Å²) < 4.78 is 10.9. The van der Waals surface area contributed by atoms with Crippen LogP contribution in [0.15, 0.2) is 41.0 Å². The van der Waals surface area contributed by atoms with Gasteiger partial charge in [0.2, 0.25) is 0 Å². The Balaban J connectivity index is 1.87. The first-order valence-electron chi connectivity index (χ1n) is 8.13. The third kappa shape index (κ3) is 2.43. The number of carbonyl (C=O) groups is 2. The lowest BCUT2D eigenvalue weighted by atomic mass is 9.81. The second kappa shape index (κ2) is 5.87. The van der Waals surface area contributed by atoms with E-state index in [1.54, 1.807) is 13.4 Å². The third-order valence-corrected chi connectivity index (χ3v) is 4.81. The first-order valence-corrected chi connectivity index (χ1v) is 8.13. The fourth-order valence-corrected chi connectivity index (χ4v) is 3.66. The first kappa shape index (κ1) is 15.1. The summed E-state index contributed by atoms with van der Waals surface area (Å²) in [6.45, 7) is 0.565. The normalized spacial score (nSPS) is 18.6. The number of carbonyl (C=O) groups excluding carboxylic acids is 2. The molecule has 0 amide bonds. The standard InChI is InChI=1S/C20H18O4/c1-23-10-12-2-5-15-13(8-12)3-7-19-20(15)17(11-24-19)16-6-4-14(21)9-18(16)22/h2-3,5,7-8,11,16H,4,6,9-10H2,1H3. The molecule has 2 aromatic carbocycles. The van der Waals surface area contributed by atoms with E-state index >= 15 is 0 Å². The minimum absolute atomic E-state index is 0.00181. The van der Waals surface area contributed by atoms with Crippen molar-refractivity contribution in [1.82, 2.24) is 0 Å². The highest BCUT2D eigenvalue weighted by molar-refractivity contribution is 6.11. The molecule has 0 N–H and O–H groups in total. The van der Waals surface area contributed by atoms with E-state index < -0.39 is 0 Å². The summed E-state index contributed by atoms with van der Waals surface area (Å²) in [6, 6.07) is 10.2. The van der Waals surface area contributed by atoms with Crippen molar-refractivity contribution in [2.75, 3.05) is 7.11 Å². The highest BCUT2D eigenvalue weighted by atomic mass is 16.5. The van der Waals surface area contributed by atoms with Gasteiger partial charge in [-0.25, -0.2) is 0 Å². The molecule has 1 atom stereocenters. The van der Waals surface area contributed by atoms with Crippen LogP contribution in [0.1, 0.15) is 36.3 Å². The van der Waals surface area contributed by atoms with E-state index in [0.717, 1.165) is 32.9 Å². The largest absolute Gasteiger partial charge is 0.464 e. The molecule has 1 aromatic heterocycles. The van der Waals surface area contributed by atoms with Crippen molar-refractivity contribution in [3.05, 3.63) is 47.7 Å². The summed E-state index contributed by atoms with van der Waals surface area (Å²) in [6.07, 6.45) is 2.77. The van der Waals surface area contributed by atoms with Crippen LogP contribution in [0.5, 0.6) is 0 Å². The quantitative estimate of drug-likeness (QED) is 0.680. The van der Waals surface area contributed by atoms with Crippen molar-refractivity contribution in [1.29, 1.82) is 0 Å². The zero-order chi connectivity index (χ0) is 16.7. The number of ether oxygens (including phenoxy) is 1. The number of fused-ring (bicyclic) bond motifs is 3. The predicted octanol–water partition coefficient (Wildman–Crippen LogP) is 4.14. The van der Waals surface area contributed by atoms with Crippen molar-refractivity contribution in [3.8, 4) is 0 Å². The average molecular weight is 322 g/mol. The third-order valence-electron chi connectivity index (χ3n) is 4.81. The smallest absolute Gasteiger partial charge is 0.147 e. The van der Waals surface area contributed by atoms with E-state index in [9.17, 15) is 9.59 Å². The lowest BCUT2D eigenvalue weighted by Crippen LogP contribution is -2.22. The van der Waals surface area contributed by atoms with E-state index in [4.69, 9.17) is 9.15 Å². The Morgan fingerprint density at radius 1 is 1.21 bits per heavy atom. The number of ketones is 2. The van der Waals surface area contributed by atoms with Gasteiger partial charge in [-0.2, -0.15) is 0 Å². The van der Waals surface area contributed by atoms with Gasteiger partial charge in [-0.1, -0.05) is 18.2 Å². The van der Waals surface area contributed by atoms with Gasteiger partial charge in [0, 0.05) is 30.4 Å². The summed E-state index contributed by atoms with van der Waals surface area (Å²) >= 11 is 0. The summed E-state index contributed by atoms with van der Waals surface area (Å²) in [5, 5.41) is 3.16. The molecule has 1 fully saturated rings. The lowest BCUT2D eigenvalue weighted by molar-refractivity contribution is -0.130. The minimum atomic E-state index is -0.242. The van der Waals surface area contributed by atoms with Crippen LogP contribution < -0.4 is 0 Å². The van der Waals surface area contributed by atoms with Crippen molar-refractivity contribution in [3.63, 3.8) is 0 Å². The zero-order valence-corrected chi connectivity index (χ0v) is 13.5. The van der Waals surface area contributed by atoms with Crippen LogP contribution in [0.4, 0.5) is 0 Å². The SMILES string of the molecule is COCc1ccc2c(ccc3occ(C4CCC(=O)CC4=O)c32)c1. The molecule has 1 aliphatic carbocycles. The Morgan fingerprint density at radius 2 is 2.08 bits per heavy atom. The minimum Gasteiger partial charge on any atom is -0.464 e. The van der Waals surface area contributed by atoms with Gasteiger partial charge in [-0.05, 0) is 34.9 Å². The number of hydrogen-bond donors (Lipinski definition) is 0. The maximum atomic E-state index is 12.3. The van der Waals surface area contributed by atoms with Gasteiger partial charge < -0.3 is 9.15 Å². The van der Waals surface area contributed by atoms with Gasteiger partial charge in [0.15, 0.2) is 0 Å². The topological polar surface area (TPSA) is 56.5 Å². The van der Waals surface area contributed by atoms with Crippen LogP contribution in [0.2, 0.25) is 0 Å². The molecule has 0 bridgehead atoms. The second-order valence-electron chi connectivity index (χ2n) is 6.39. The van der Waals surface area contributed by atoms with Gasteiger partial charge in [0.1, 0.15) is 17.1 Å². The van der Waals surface area contributed by atoms with Gasteiger partial charge in [-0.3, -0.25) is 9.59 Å². The molecule has 1 saturated carbocycles. The van der Waals surface area contributed by atoms with Crippen LogP contribution in [-0.4, -0.2) is 18.7 Å². The second-order valence-corrected chi connectivity index (χ2v) is 6.39. The highest BCUT2D eigenvalue weighted by Crippen LogP contribution is 2.38. The van der Waals surface area contributed by atoms with Crippen molar-refractivity contribution < 1.29 is 18.7 Å². The summed E-state index contributed by atoms with van der Waals surface area (Å²) in [7, 11) is 1.68. The molecule has 4 rings (SSSR count). The molecular formula is C20H18O4. The van der Waals surface area contributed by atoms with E-state index in [-0.39, 0.29) is 23.9 Å².